The molecule has 0 saturated heterocycles. The van der Waals surface area contributed by atoms with E-state index in [1.165, 1.54) is 34.4 Å². The molecule has 3 aromatic carbocycles. The Morgan fingerprint density at radius 1 is 0.821 bits per heavy atom. The van der Waals surface area contributed by atoms with Crippen molar-refractivity contribution in [3.05, 3.63) is 101 Å². The summed E-state index contributed by atoms with van der Waals surface area (Å²) in [6.45, 7) is 0. The van der Waals surface area contributed by atoms with Crippen LogP contribution in [0.15, 0.2) is 72.8 Å². The smallest absolute Gasteiger partial charge is 0.335 e. The number of amides is 1. The number of benzene rings is 3. The van der Waals surface area contributed by atoms with Crippen LogP contribution >= 0.6 is 0 Å². The number of anilines is 1. The largest absolute Gasteiger partial charge is 0.478 e. The Labute approximate surface area is 163 Å². The minimum atomic E-state index is -0.982. The highest BCUT2D eigenvalue weighted by molar-refractivity contribution is 5.93. The number of carbonyl (C=O) groups is 2. The molecule has 0 aliphatic heterocycles. The van der Waals surface area contributed by atoms with E-state index in [2.05, 4.69) is 41.7 Å². The minimum Gasteiger partial charge on any atom is -0.478 e. The summed E-state index contributed by atoms with van der Waals surface area (Å²) in [6.07, 6.45) is 2.29. The highest BCUT2D eigenvalue weighted by Gasteiger charge is 2.25. The number of aryl methyl sites for hydroxylation is 2. The van der Waals surface area contributed by atoms with Gasteiger partial charge < -0.3 is 10.4 Å². The van der Waals surface area contributed by atoms with Gasteiger partial charge in [-0.3, -0.25) is 4.79 Å². The second-order valence-corrected chi connectivity index (χ2v) is 7.09. The van der Waals surface area contributed by atoms with Crippen molar-refractivity contribution in [2.45, 2.75) is 25.2 Å². The Morgan fingerprint density at radius 3 is 1.89 bits per heavy atom. The molecule has 0 unspecified atom stereocenters. The standard InChI is InChI=1S/C24H21NO3/c26-23(25-19-13-11-18(12-14-19)24(27)28)15-22-20-7-3-1-5-16(20)9-10-17-6-2-4-8-21(17)22/h1-8,11-14,22H,9-10,15H2,(H,25,26)(H,27,28). The predicted molar refractivity (Wildman–Crippen MR) is 109 cm³/mol. The molecule has 0 aromatic heterocycles. The van der Waals surface area contributed by atoms with E-state index in [4.69, 9.17) is 5.11 Å². The number of aromatic carboxylic acids is 1. The fourth-order valence-electron chi connectivity index (χ4n) is 3.95. The van der Waals surface area contributed by atoms with Crippen LogP contribution in [-0.2, 0) is 17.6 Å². The van der Waals surface area contributed by atoms with Crippen LogP contribution < -0.4 is 5.32 Å². The van der Waals surface area contributed by atoms with Crippen molar-refractivity contribution in [3.8, 4) is 0 Å². The molecule has 4 heteroatoms. The number of rotatable bonds is 4. The summed E-state index contributed by atoms with van der Waals surface area (Å²) in [4.78, 5) is 23.8. The first kappa shape index (κ1) is 18.0. The second kappa shape index (κ2) is 7.69. The van der Waals surface area contributed by atoms with Crippen LogP contribution in [0.3, 0.4) is 0 Å². The molecule has 0 heterocycles. The van der Waals surface area contributed by atoms with Gasteiger partial charge in [-0.15, -0.1) is 0 Å². The molecular weight excluding hydrogens is 350 g/mol. The van der Waals surface area contributed by atoms with Gasteiger partial charge in [-0.2, -0.15) is 0 Å². The lowest BCUT2D eigenvalue weighted by atomic mass is 9.85. The maximum absolute atomic E-state index is 12.8. The summed E-state index contributed by atoms with van der Waals surface area (Å²) in [6, 6.07) is 22.9. The van der Waals surface area contributed by atoms with Crippen LogP contribution in [0.5, 0.6) is 0 Å². The van der Waals surface area contributed by atoms with E-state index in [1.54, 1.807) is 12.1 Å². The fourth-order valence-corrected chi connectivity index (χ4v) is 3.95. The molecule has 1 amide bonds. The van der Waals surface area contributed by atoms with Gasteiger partial charge in [-0.05, 0) is 59.4 Å². The lowest BCUT2D eigenvalue weighted by Gasteiger charge is -2.20. The molecule has 28 heavy (non-hydrogen) atoms. The monoisotopic (exact) mass is 371 g/mol. The average Bonchev–Trinajstić information content (AvgIpc) is 2.86. The zero-order chi connectivity index (χ0) is 19.5. The number of carbonyl (C=O) groups excluding carboxylic acids is 1. The van der Waals surface area contributed by atoms with Gasteiger partial charge >= 0.3 is 5.97 Å². The number of carboxylic acid groups (broad SMARTS) is 1. The fraction of sp³-hybridized carbons (Fsp3) is 0.167. The van der Waals surface area contributed by atoms with Crippen LogP contribution in [0.25, 0.3) is 0 Å². The van der Waals surface area contributed by atoms with Crippen molar-refractivity contribution in [1.82, 2.24) is 0 Å². The molecule has 3 aromatic rings. The summed E-state index contributed by atoms with van der Waals surface area (Å²) in [5.74, 6) is -1.06. The van der Waals surface area contributed by atoms with E-state index in [0.717, 1.165) is 12.8 Å². The third kappa shape index (κ3) is 3.67. The lowest BCUT2D eigenvalue weighted by Crippen LogP contribution is -2.17. The number of carboxylic acids is 1. The van der Waals surface area contributed by atoms with Gasteiger partial charge in [0.1, 0.15) is 0 Å². The van der Waals surface area contributed by atoms with Gasteiger partial charge in [0.2, 0.25) is 5.91 Å². The SMILES string of the molecule is O=C(CC1c2ccccc2CCc2ccccc21)Nc1ccc(C(=O)O)cc1. The summed E-state index contributed by atoms with van der Waals surface area (Å²) in [5.41, 5.74) is 5.81. The molecule has 1 aliphatic rings. The van der Waals surface area contributed by atoms with Crippen molar-refractivity contribution in [2.24, 2.45) is 0 Å². The highest BCUT2D eigenvalue weighted by atomic mass is 16.4. The number of nitrogens with one attached hydrogen (secondary N) is 1. The van der Waals surface area contributed by atoms with E-state index in [-0.39, 0.29) is 17.4 Å². The first-order valence-electron chi connectivity index (χ1n) is 9.40. The van der Waals surface area contributed by atoms with Crippen LogP contribution in [0.4, 0.5) is 5.69 Å². The molecule has 4 nitrogen and oxygen atoms in total. The second-order valence-electron chi connectivity index (χ2n) is 7.09. The molecule has 0 saturated carbocycles. The first-order valence-corrected chi connectivity index (χ1v) is 9.40. The Bertz CT molecular complexity index is 977. The maximum Gasteiger partial charge on any atom is 0.335 e. The van der Waals surface area contributed by atoms with Gasteiger partial charge in [0, 0.05) is 18.0 Å². The molecule has 0 fully saturated rings. The zero-order valence-electron chi connectivity index (χ0n) is 15.4. The molecule has 4 rings (SSSR count). The summed E-state index contributed by atoms with van der Waals surface area (Å²) < 4.78 is 0. The van der Waals surface area contributed by atoms with E-state index in [1.807, 2.05) is 12.1 Å². The zero-order valence-corrected chi connectivity index (χ0v) is 15.4. The normalized spacial score (nSPS) is 13.1. The molecule has 140 valence electrons. The molecule has 1 aliphatic carbocycles. The molecule has 0 bridgehead atoms. The van der Waals surface area contributed by atoms with E-state index >= 15 is 0 Å². The van der Waals surface area contributed by atoms with Crippen molar-refractivity contribution in [3.63, 3.8) is 0 Å². The average molecular weight is 371 g/mol. The van der Waals surface area contributed by atoms with Crippen LogP contribution in [-0.4, -0.2) is 17.0 Å². The lowest BCUT2D eigenvalue weighted by molar-refractivity contribution is -0.116. The van der Waals surface area contributed by atoms with Gasteiger partial charge in [0.25, 0.3) is 0 Å². The molecule has 0 atom stereocenters. The van der Waals surface area contributed by atoms with Crippen LogP contribution in [0.2, 0.25) is 0 Å². The van der Waals surface area contributed by atoms with E-state index < -0.39 is 5.97 Å². The summed E-state index contributed by atoms with van der Waals surface area (Å²) in [5, 5.41) is 11.9. The predicted octanol–water partition coefficient (Wildman–Crippen LogP) is 4.64. The third-order valence-electron chi connectivity index (χ3n) is 5.33. The molecule has 0 radical (unpaired) electrons. The van der Waals surface area contributed by atoms with Gasteiger partial charge in [-0.1, -0.05) is 48.5 Å². The maximum atomic E-state index is 12.8. The van der Waals surface area contributed by atoms with E-state index in [0.29, 0.717) is 12.1 Å². The van der Waals surface area contributed by atoms with Crippen molar-refractivity contribution in [1.29, 1.82) is 0 Å². The highest BCUT2D eigenvalue weighted by Crippen LogP contribution is 2.36. The number of hydrogen-bond donors (Lipinski definition) is 2. The Hall–Kier alpha value is -3.40. The van der Waals surface area contributed by atoms with Gasteiger partial charge in [-0.25, -0.2) is 4.79 Å². The Kier molecular flexibility index (Phi) is 4.94. The van der Waals surface area contributed by atoms with Crippen LogP contribution in [0.1, 0.15) is 45.0 Å². The topological polar surface area (TPSA) is 66.4 Å². The Morgan fingerprint density at radius 2 is 1.36 bits per heavy atom. The third-order valence-corrected chi connectivity index (χ3v) is 5.33. The quantitative estimate of drug-likeness (QED) is 0.702. The van der Waals surface area contributed by atoms with Gasteiger partial charge in [0.15, 0.2) is 0 Å². The number of fused-ring (bicyclic) bond motifs is 2. The van der Waals surface area contributed by atoms with Gasteiger partial charge in [0.05, 0.1) is 5.56 Å². The van der Waals surface area contributed by atoms with Crippen LogP contribution in [0, 0.1) is 0 Å². The molecular formula is C24H21NO3. The van der Waals surface area contributed by atoms with Crippen molar-refractivity contribution < 1.29 is 14.7 Å². The summed E-state index contributed by atoms with van der Waals surface area (Å²) >= 11 is 0. The molecule has 2 N–H and O–H groups in total. The van der Waals surface area contributed by atoms with E-state index in [9.17, 15) is 9.59 Å². The van der Waals surface area contributed by atoms with Crippen molar-refractivity contribution in [2.75, 3.05) is 5.32 Å². The first-order chi connectivity index (χ1) is 13.6. The Balaban J connectivity index is 1.60. The summed E-state index contributed by atoms with van der Waals surface area (Å²) in [7, 11) is 0. The minimum absolute atomic E-state index is 0.00759. The molecule has 0 spiro atoms. The number of hydrogen-bond acceptors (Lipinski definition) is 2. The van der Waals surface area contributed by atoms with Crippen molar-refractivity contribution >= 4 is 17.6 Å².